The molecule has 120 valence electrons. The Hall–Kier alpha value is -1.74. The Morgan fingerprint density at radius 1 is 1.22 bits per heavy atom. The smallest absolute Gasteiger partial charge is 0.251 e. The molecule has 2 heterocycles. The van der Waals surface area contributed by atoms with Crippen LogP contribution in [0.2, 0.25) is 0 Å². The SMILES string of the molecule is O=C(NCc1nccc(N2CCOCC2)n1)c1ccc(I)cc1. The molecule has 3 rings (SSSR count). The van der Waals surface area contributed by atoms with Gasteiger partial charge < -0.3 is 15.0 Å². The third kappa shape index (κ3) is 4.38. The van der Waals surface area contributed by atoms with E-state index < -0.39 is 0 Å². The fourth-order valence-corrected chi connectivity index (χ4v) is 2.66. The average molecular weight is 424 g/mol. The van der Waals surface area contributed by atoms with Crippen molar-refractivity contribution < 1.29 is 9.53 Å². The molecule has 7 heteroatoms. The lowest BCUT2D eigenvalue weighted by Gasteiger charge is -2.27. The molecular formula is C16H17IN4O2. The molecule has 1 aliphatic heterocycles. The van der Waals surface area contributed by atoms with Gasteiger partial charge in [-0.1, -0.05) is 0 Å². The molecule has 1 aromatic carbocycles. The van der Waals surface area contributed by atoms with Crippen molar-refractivity contribution in [1.29, 1.82) is 0 Å². The second kappa shape index (κ2) is 7.69. The average Bonchev–Trinajstić information content (AvgIpc) is 2.61. The number of amides is 1. The molecule has 1 saturated heterocycles. The van der Waals surface area contributed by atoms with E-state index in [1.54, 1.807) is 6.20 Å². The second-order valence-electron chi connectivity index (χ2n) is 5.12. The van der Waals surface area contributed by atoms with Crippen LogP contribution in [0.4, 0.5) is 5.82 Å². The van der Waals surface area contributed by atoms with Crippen LogP contribution < -0.4 is 10.2 Å². The van der Waals surface area contributed by atoms with Crippen LogP contribution in [0, 0.1) is 3.57 Å². The van der Waals surface area contributed by atoms with Gasteiger partial charge in [0.2, 0.25) is 0 Å². The minimum atomic E-state index is -0.123. The normalized spacial score (nSPS) is 14.6. The van der Waals surface area contributed by atoms with Crippen molar-refractivity contribution in [3.8, 4) is 0 Å². The lowest BCUT2D eigenvalue weighted by Crippen LogP contribution is -2.37. The van der Waals surface area contributed by atoms with E-state index in [9.17, 15) is 4.79 Å². The van der Waals surface area contributed by atoms with E-state index in [1.165, 1.54) is 0 Å². The lowest BCUT2D eigenvalue weighted by molar-refractivity contribution is 0.0950. The highest BCUT2D eigenvalue weighted by atomic mass is 127. The van der Waals surface area contributed by atoms with Gasteiger partial charge in [-0.25, -0.2) is 9.97 Å². The molecule has 23 heavy (non-hydrogen) atoms. The summed E-state index contributed by atoms with van der Waals surface area (Å²) in [6, 6.07) is 9.32. The van der Waals surface area contributed by atoms with Crippen LogP contribution in [-0.2, 0) is 11.3 Å². The Bertz CT molecular complexity index is 672. The summed E-state index contributed by atoms with van der Waals surface area (Å²) in [5.41, 5.74) is 0.634. The quantitative estimate of drug-likeness (QED) is 0.760. The predicted octanol–water partition coefficient (Wildman–Crippen LogP) is 1.85. The Kier molecular flexibility index (Phi) is 5.39. The molecule has 2 aromatic rings. The molecule has 1 N–H and O–H groups in total. The Balaban J connectivity index is 1.61. The molecule has 1 aliphatic rings. The summed E-state index contributed by atoms with van der Waals surface area (Å²) in [5, 5.41) is 2.86. The van der Waals surface area contributed by atoms with Crippen LogP contribution in [0.5, 0.6) is 0 Å². The number of nitrogens with one attached hydrogen (secondary N) is 1. The van der Waals surface area contributed by atoms with Gasteiger partial charge in [0.15, 0.2) is 0 Å². The highest BCUT2D eigenvalue weighted by Crippen LogP contribution is 2.12. The first-order valence-electron chi connectivity index (χ1n) is 7.41. The maximum absolute atomic E-state index is 12.1. The zero-order valence-corrected chi connectivity index (χ0v) is 14.7. The van der Waals surface area contributed by atoms with Crippen molar-refractivity contribution in [2.24, 2.45) is 0 Å². The molecule has 1 amide bonds. The molecular weight excluding hydrogens is 407 g/mol. The molecule has 1 aromatic heterocycles. The zero-order chi connectivity index (χ0) is 16.1. The second-order valence-corrected chi connectivity index (χ2v) is 6.37. The summed E-state index contributed by atoms with van der Waals surface area (Å²) in [7, 11) is 0. The van der Waals surface area contributed by atoms with Crippen molar-refractivity contribution >= 4 is 34.3 Å². The zero-order valence-electron chi connectivity index (χ0n) is 12.5. The number of aromatic nitrogens is 2. The first kappa shape index (κ1) is 16.1. The van der Waals surface area contributed by atoms with Gasteiger partial charge in [0.1, 0.15) is 11.6 Å². The number of hydrogen-bond acceptors (Lipinski definition) is 5. The fraction of sp³-hybridized carbons (Fsp3) is 0.312. The van der Waals surface area contributed by atoms with Crippen LogP contribution in [0.25, 0.3) is 0 Å². The Morgan fingerprint density at radius 2 is 1.96 bits per heavy atom. The molecule has 0 aliphatic carbocycles. The minimum Gasteiger partial charge on any atom is -0.378 e. The maximum Gasteiger partial charge on any atom is 0.251 e. The van der Waals surface area contributed by atoms with Gasteiger partial charge >= 0.3 is 0 Å². The van der Waals surface area contributed by atoms with Crippen molar-refractivity contribution in [3.05, 3.63) is 51.5 Å². The first-order chi connectivity index (χ1) is 11.2. The van der Waals surface area contributed by atoms with Gasteiger partial charge in [-0.05, 0) is 52.9 Å². The van der Waals surface area contributed by atoms with Crippen LogP contribution in [-0.4, -0.2) is 42.2 Å². The van der Waals surface area contributed by atoms with Gasteiger partial charge in [0, 0.05) is 28.4 Å². The van der Waals surface area contributed by atoms with Crippen LogP contribution >= 0.6 is 22.6 Å². The largest absolute Gasteiger partial charge is 0.378 e. The van der Waals surface area contributed by atoms with E-state index >= 15 is 0 Å². The Morgan fingerprint density at radius 3 is 2.70 bits per heavy atom. The van der Waals surface area contributed by atoms with Crippen molar-refractivity contribution in [2.45, 2.75) is 6.54 Å². The van der Waals surface area contributed by atoms with Crippen molar-refractivity contribution in [2.75, 3.05) is 31.2 Å². The summed E-state index contributed by atoms with van der Waals surface area (Å²) >= 11 is 2.21. The molecule has 0 spiro atoms. The number of ether oxygens (including phenoxy) is 1. The first-order valence-corrected chi connectivity index (χ1v) is 8.48. The monoisotopic (exact) mass is 424 g/mol. The predicted molar refractivity (Wildman–Crippen MR) is 95.4 cm³/mol. The van der Waals surface area contributed by atoms with Crippen LogP contribution in [0.1, 0.15) is 16.2 Å². The lowest BCUT2D eigenvalue weighted by atomic mass is 10.2. The number of anilines is 1. The van der Waals surface area contributed by atoms with Crippen molar-refractivity contribution in [1.82, 2.24) is 15.3 Å². The van der Waals surface area contributed by atoms with Gasteiger partial charge in [-0.3, -0.25) is 4.79 Å². The number of halogens is 1. The topological polar surface area (TPSA) is 67.4 Å². The molecule has 0 radical (unpaired) electrons. The van der Waals surface area contributed by atoms with Crippen LogP contribution in [0.15, 0.2) is 36.5 Å². The highest BCUT2D eigenvalue weighted by molar-refractivity contribution is 14.1. The molecule has 0 atom stereocenters. The number of nitrogens with zero attached hydrogens (tertiary/aromatic N) is 3. The van der Waals surface area contributed by atoms with E-state index in [0.29, 0.717) is 31.1 Å². The van der Waals surface area contributed by atoms with E-state index in [1.807, 2.05) is 30.3 Å². The Labute approximate surface area is 148 Å². The standard InChI is InChI=1S/C16H17IN4O2/c17-13-3-1-12(2-4-13)16(22)19-11-14-18-6-5-15(20-14)21-7-9-23-10-8-21/h1-6H,7-11H2,(H,19,22). The molecule has 0 bridgehead atoms. The van der Waals surface area contributed by atoms with Crippen molar-refractivity contribution in [3.63, 3.8) is 0 Å². The minimum absolute atomic E-state index is 0.123. The van der Waals surface area contributed by atoms with Gasteiger partial charge in [-0.15, -0.1) is 0 Å². The van der Waals surface area contributed by atoms with E-state index in [0.717, 1.165) is 22.5 Å². The van der Waals surface area contributed by atoms with E-state index in [4.69, 9.17) is 4.74 Å². The maximum atomic E-state index is 12.1. The number of hydrogen-bond donors (Lipinski definition) is 1. The summed E-state index contributed by atoms with van der Waals surface area (Å²) in [5.74, 6) is 1.36. The molecule has 1 fully saturated rings. The fourth-order valence-electron chi connectivity index (χ4n) is 2.30. The summed E-state index contributed by atoms with van der Waals surface area (Å²) in [6.07, 6.45) is 1.73. The number of morpholine rings is 1. The molecule has 0 unspecified atom stereocenters. The number of carbonyl (C=O) groups is 1. The third-order valence-electron chi connectivity index (χ3n) is 3.54. The number of benzene rings is 1. The highest BCUT2D eigenvalue weighted by Gasteiger charge is 2.13. The van der Waals surface area contributed by atoms with Crippen LogP contribution in [0.3, 0.4) is 0 Å². The summed E-state index contributed by atoms with van der Waals surface area (Å²) in [6.45, 7) is 3.38. The number of rotatable bonds is 4. The van der Waals surface area contributed by atoms with Gasteiger partial charge in [-0.2, -0.15) is 0 Å². The van der Waals surface area contributed by atoms with E-state index in [-0.39, 0.29) is 5.91 Å². The number of carbonyl (C=O) groups excluding carboxylic acids is 1. The van der Waals surface area contributed by atoms with Gasteiger partial charge in [0.25, 0.3) is 5.91 Å². The third-order valence-corrected chi connectivity index (χ3v) is 4.26. The molecule has 0 saturated carbocycles. The summed E-state index contributed by atoms with van der Waals surface area (Å²) in [4.78, 5) is 23.0. The molecule has 6 nitrogen and oxygen atoms in total. The van der Waals surface area contributed by atoms with E-state index in [2.05, 4.69) is 42.8 Å². The van der Waals surface area contributed by atoms with Gasteiger partial charge in [0.05, 0.1) is 19.8 Å². The summed E-state index contributed by atoms with van der Waals surface area (Å²) < 4.78 is 6.44.